The lowest BCUT2D eigenvalue weighted by atomic mass is 9.84. The summed E-state index contributed by atoms with van der Waals surface area (Å²) in [4.78, 5) is 40.4. The molecule has 0 spiro atoms. The quantitative estimate of drug-likeness (QED) is 0.557. The van der Waals surface area contributed by atoms with Gasteiger partial charge in [0.2, 0.25) is 6.41 Å². The highest BCUT2D eigenvalue weighted by Crippen LogP contribution is 2.38. The molecule has 164 valence electrons. The molecule has 0 unspecified atom stereocenters. The Hall–Kier alpha value is -3.81. The topological polar surface area (TPSA) is 88.5 Å². The summed E-state index contributed by atoms with van der Waals surface area (Å²) >= 11 is 0. The molecule has 1 aliphatic rings. The molecule has 2 amide bonds. The smallest absolute Gasteiger partial charge is 0.415 e. The van der Waals surface area contributed by atoms with Crippen molar-refractivity contribution in [2.24, 2.45) is 0 Å². The van der Waals surface area contributed by atoms with Crippen molar-refractivity contribution >= 4 is 29.8 Å². The summed E-state index contributed by atoms with van der Waals surface area (Å²) in [6.07, 6.45) is 3.83. The fourth-order valence-electron chi connectivity index (χ4n) is 3.62. The minimum atomic E-state index is -0.441. The summed E-state index contributed by atoms with van der Waals surface area (Å²) in [5.41, 5.74) is 3.20. The average molecular weight is 431 g/mol. The summed E-state index contributed by atoms with van der Waals surface area (Å²) in [6, 6.07) is 11.2. The Kier molecular flexibility index (Phi) is 5.61. The van der Waals surface area contributed by atoms with E-state index in [0.717, 1.165) is 23.1 Å². The molecule has 0 aliphatic carbocycles. The van der Waals surface area contributed by atoms with Crippen LogP contribution in [0.5, 0.6) is 0 Å². The Morgan fingerprint density at radius 1 is 1.09 bits per heavy atom. The lowest BCUT2D eigenvalue weighted by molar-refractivity contribution is -0.106. The molecule has 1 aliphatic heterocycles. The average Bonchev–Trinajstić information content (AvgIpc) is 3.20. The van der Waals surface area contributed by atoms with Gasteiger partial charge in [-0.3, -0.25) is 14.6 Å². The Labute approximate surface area is 186 Å². The van der Waals surface area contributed by atoms with Gasteiger partial charge < -0.3 is 4.74 Å². The van der Waals surface area contributed by atoms with E-state index in [1.165, 1.54) is 9.80 Å². The molecule has 1 aromatic carbocycles. The summed E-state index contributed by atoms with van der Waals surface area (Å²) in [5.74, 6) is 1.55. The van der Waals surface area contributed by atoms with E-state index in [1.54, 1.807) is 30.6 Å². The molecule has 0 N–H and O–H groups in total. The van der Waals surface area contributed by atoms with Crippen molar-refractivity contribution in [2.75, 3.05) is 23.0 Å². The second-order valence-corrected chi connectivity index (χ2v) is 8.60. The first kappa shape index (κ1) is 21.4. The molecule has 1 saturated heterocycles. The molecule has 4 rings (SSSR count). The highest BCUT2D eigenvalue weighted by molar-refractivity contribution is 5.91. The maximum Gasteiger partial charge on any atom is 0.415 e. The second kappa shape index (κ2) is 8.37. The zero-order valence-electron chi connectivity index (χ0n) is 18.6. The maximum atomic E-state index is 12.3. The standard InChI is InChI=1S/C24H25N5O3/c1-16-25-13-18(14-26-16)17-8-9-19(24(2,3)4)20(12-17)29(15-30)22-7-5-6-21(27-22)28-10-11-32-23(28)31/h5-9,12-15H,10-11H2,1-4H3. The van der Waals surface area contributed by atoms with Gasteiger partial charge in [0.1, 0.15) is 24.1 Å². The number of nitrogens with zero attached hydrogens (tertiary/aromatic N) is 5. The highest BCUT2D eigenvalue weighted by Gasteiger charge is 2.27. The number of hydrogen-bond acceptors (Lipinski definition) is 6. The normalized spacial score (nSPS) is 13.8. The number of aromatic nitrogens is 3. The van der Waals surface area contributed by atoms with Gasteiger partial charge in [-0.15, -0.1) is 0 Å². The van der Waals surface area contributed by atoms with Gasteiger partial charge in [-0.2, -0.15) is 0 Å². The van der Waals surface area contributed by atoms with E-state index in [4.69, 9.17) is 4.74 Å². The maximum absolute atomic E-state index is 12.3. The summed E-state index contributed by atoms with van der Waals surface area (Å²) < 4.78 is 5.02. The summed E-state index contributed by atoms with van der Waals surface area (Å²) in [7, 11) is 0. The van der Waals surface area contributed by atoms with Crippen LogP contribution in [0.3, 0.4) is 0 Å². The molecule has 0 bridgehead atoms. The largest absolute Gasteiger partial charge is 0.447 e. The van der Waals surface area contributed by atoms with Crippen molar-refractivity contribution in [2.45, 2.75) is 33.1 Å². The third-order valence-corrected chi connectivity index (χ3v) is 5.29. The molecule has 3 aromatic rings. The molecule has 0 saturated carbocycles. The van der Waals surface area contributed by atoms with Gasteiger partial charge in [0.25, 0.3) is 0 Å². The number of anilines is 3. The molecule has 8 nitrogen and oxygen atoms in total. The number of benzene rings is 1. The van der Waals surface area contributed by atoms with Crippen LogP contribution in [0, 0.1) is 6.92 Å². The molecule has 0 atom stereocenters. The van der Waals surface area contributed by atoms with Crippen LogP contribution in [-0.4, -0.2) is 40.6 Å². The first-order valence-corrected chi connectivity index (χ1v) is 10.4. The van der Waals surface area contributed by atoms with Crippen molar-refractivity contribution in [1.29, 1.82) is 0 Å². The van der Waals surface area contributed by atoms with Gasteiger partial charge in [0, 0.05) is 18.0 Å². The second-order valence-electron chi connectivity index (χ2n) is 8.60. The molecular weight excluding hydrogens is 406 g/mol. The van der Waals surface area contributed by atoms with E-state index in [0.29, 0.717) is 36.3 Å². The van der Waals surface area contributed by atoms with Gasteiger partial charge in [-0.25, -0.2) is 19.7 Å². The number of pyridine rings is 1. The van der Waals surface area contributed by atoms with Crippen molar-refractivity contribution < 1.29 is 14.3 Å². The molecule has 3 heterocycles. The van der Waals surface area contributed by atoms with E-state index in [1.807, 2.05) is 25.1 Å². The molecule has 2 aromatic heterocycles. The minimum absolute atomic E-state index is 0.227. The van der Waals surface area contributed by atoms with Crippen molar-refractivity contribution in [3.63, 3.8) is 0 Å². The Morgan fingerprint density at radius 2 is 1.84 bits per heavy atom. The van der Waals surface area contributed by atoms with Gasteiger partial charge in [-0.05, 0) is 41.7 Å². The van der Waals surface area contributed by atoms with E-state index < -0.39 is 6.09 Å². The van der Waals surface area contributed by atoms with Crippen LogP contribution in [0.1, 0.15) is 32.2 Å². The number of carbonyl (C=O) groups excluding carboxylic acids is 2. The predicted molar refractivity (Wildman–Crippen MR) is 122 cm³/mol. The number of cyclic esters (lactones) is 1. The van der Waals surface area contributed by atoms with Crippen LogP contribution in [0.25, 0.3) is 11.1 Å². The van der Waals surface area contributed by atoms with E-state index in [2.05, 4.69) is 35.7 Å². The van der Waals surface area contributed by atoms with Crippen LogP contribution in [0.15, 0.2) is 48.8 Å². The highest BCUT2D eigenvalue weighted by atomic mass is 16.6. The van der Waals surface area contributed by atoms with Gasteiger partial charge in [0.15, 0.2) is 0 Å². The third-order valence-electron chi connectivity index (χ3n) is 5.29. The molecule has 8 heteroatoms. The minimum Gasteiger partial charge on any atom is -0.447 e. The van der Waals surface area contributed by atoms with Crippen LogP contribution in [0.2, 0.25) is 0 Å². The fraction of sp³-hybridized carbons (Fsp3) is 0.292. The zero-order chi connectivity index (χ0) is 22.9. The SMILES string of the molecule is Cc1ncc(-c2ccc(C(C)(C)C)c(N(C=O)c3cccc(N4CCOC4=O)n3)c2)cn1. The van der Waals surface area contributed by atoms with Crippen LogP contribution >= 0.6 is 0 Å². The summed E-state index contributed by atoms with van der Waals surface area (Å²) in [6.45, 7) is 8.85. The monoisotopic (exact) mass is 431 g/mol. The van der Waals surface area contributed by atoms with Gasteiger partial charge >= 0.3 is 6.09 Å². The number of aryl methyl sites for hydroxylation is 1. The van der Waals surface area contributed by atoms with Crippen LogP contribution in [-0.2, 0) is 14.9 Å². The van der Waals surface area contributed by atoms with Gasteiger partial charge in [-0.1, -0.05) is 39.0 Å². The Balaban J connectivity index is 1.82. The molecular formula is C24H25N5O3. The molecule has 1 fully saturated rings. The van der Waals surface area contributed by atoms with Crippen molar-refractivity contribution in [3.05, 3.63) is 60.2 Å². The van der Waals surface area contributed by atoms with Crippen LogP contribution in [0.4, 0.5) is 22.1 Å². The van der Waals surface area contributed by atoms with Crippen molar-refractivity contribution in [3.8, 4) is 11.1 Å². The number of hydrogen-bond donors (Lipinski definition) is 0. The number of ether oxygens (including phenoxy) is 1. The van der Waals surface area contributed by atoms with Crippen LogP contribution < -0.4 is 9.80 Å². The van der Waals surface area contributed by atoms with E-state index in [-0.39, 0.29) is 5.41 Å². The Morgan fingerprint density at radius 3 is 2.47 bits per heavy atom. The molecule has 32 heavy (non-hydrogen) atoms. The zero-order valence-corrected chi connectivity index (χ0v) is 18.6. The molecule has 0 radical (unpaired) electrons. The number of rotatable bonds is 5. The first-order chi connectivity index (χ1) is 15.3. The third kappa shape index (κ3) is 4.16. The Bertz CT molecular complexity index is 1160. The number of carbonyl (C=O) groups is 2. The van der Waals surface area contributed by atoms with E-state index in [9.17, 15) is 9.59 Å². The van der Waals surface area contributed by atoms with Crippen molar-refractivity contribution in [1.82, 2.24) is 15.0 Å². The lowest BCUT2D eigenvalue weighted by Crippen LogP contribution is -2.26. The van der Waals surface area contributed by atoms with E-state index >= 15 is 0 Å². The first-order valence-electron chi connectivity index (χ1n) is 10.4. The predicted octanol–water partition coefficient (Wildman–Crippen LogP) is 4.40. The van der Waals surface area contributed by atoms with Gasteiger partial charge in [0.05, 0.1) is 12.2 Å². The fourth-order valence-corrected chi connectivity index (χ4v) is 3.62. The number of amides is 2. The lowest BCUT2D eigenvalue weighted by Gasteiger charge is -2.28. The summed E-state index contributed by atoms with van der Waals surface area (Å²) in [5, 5.41) is 0.